The Kier molecular flexibility index (Phi) is 5.51. The van der Waals surface area contributed by atoms with Crippen molar-refractivity contribution in [3.8, 4) is 5.75 Å². The smallest absolute Gasteiger partial charge is 0.258 e. The number of nitrogens with zero attached hydrogens (tertiary/aromatic N) is 3. The number of carbonyl (C=O) groups is 2. The number of amides is 2. The summed E-state index contributed by atoms with van der Waals surface area (Å²) in [7, 11) is 1.81. The second kappa shape index (κ2) is 8.10. The van der Waals surface area contributed by atoms with E-state index in [1.165, 1.54) is 0 Å². The molecular formula is C22H28N4O4. The number of aryl methyl sites for hydroxylation is 2. The molecule has 2 aromatic rings. The molecule has 0 unspecified atom stereocenters. The monoisotopic (exact) mass is 412 g/mol. The molecule has 2 amide bonds. The first kappa shape index (κ1) is 20.4. The fourth-order valence-electron chi connectivity index (χ4n) is 4.26. The molecule has 0 radical (unpaired) electrons. The maximum absolute atomic E-state index is 13.3. The van der Waals surface area contributed by atoms with E-state index in [9.17, 15) is 9.59 Å². The van der Waals surface area contributed by atoms with Gasteiger partial charge in [0, 0.05) is 25.5 Å². The molecule has 8 heteroatoms. The third kappa shape index (κ3) is 3.79. The predicted octanol–water partition coefficient (Wildman–Crippen LogP) is 2.31. The van der Waals surface area contributed by atoms with Crippen LogP contribution in [0.3, 0.4) is 0 Å². The minimum Gasteiger partial charge on any atom is -0.484 e. The zero-order chi connectivity index (χ0) is 21.3. The molecule has 0 bridgehead atoms. The van der Waals surface area contributed by atoms with E-state index >= 15 is 0 Å². The van der Waals surface area contributed by atoms with Crippen molar-refractivity contribution in [1.82, 2.24) is 14.7 Å². The maximum atomic E-state index is 13.3. The van der Waals surface area contributed by atoms with Crippen LogP contribution in [0, 0.1) is 6.92 Å². The van der Waals surface area contributed by atoms with Crippen molar-refractivity contribution in [2.75, 3.05) is 31.6 Å². The molecule has 1 aromatic carbocycles. The number of hydrogen-bond donors (Lipinski definition) is 1. The van der Waals surface area contributed by atoms with Crippen molar-refractivity contribution in [1.29, 1.82) is 0 Å². The molecule has 3 heterocycles. The number of anilines is 1. The normalized spacial score (nSPS) is 18.0. The zero-order valence-electron chi connectivity index (χ0n) is 17.7. The van der Waals surface area contributed by atoms with Gasteiger partial charge in [-0.25, -0.2) is 0 Å². The molecule has 30 heavy (non-hydrogen) atoms. The van der Waals surface area contributed by atoms with Crippen LogP contribution in [0.2, 0.25) is 0 Å². The lowest BCUT2D eigenvalue weighted by molar-refractivity contribution is -0.117. The van der Waals surface area contributed by atoms with Crippen LogP contribution in [-0.4, -0.2) is 58.4 Å². The first-order valence-corrected chi connectivity index (χ1v) is 10.4. The number of fused-ring (bicyclic) bond motifs is 1. The molecule has 0 saturated carbocycles. The minimum absolute atomic E-state index is 0.0504. The highest BCUT2D eigenvalue weighted by atomic mass is 16.5. The fourth-order valence-corrected chi connectivity index (χ4v) is 4.26. The lowest BCUT2D eigenvalue weighted by atomic mass is 9.93. The van der Waals surface area contributed by atoms with Crippen LogP contribution in [0.4, 0.5) is 5.82 Å². The summed E-state index contributed by atoms with van der Waals surface area (Å²) < 4.78 is 13.5. The van der Waals surface area contributed by atoms with Crippen molar-refractivity contribution >= 4 is 17.6 Å². The van der Waals surface area contributed by atoms with Crippen molar-refractivity contribution in [2.24, 2.45) is 7.05 Å². The van der Waals surface area contributed by atoms with Crippen molar-refractivity contribution < 1.29 is 19.1 Å². The van der Waals surface area contributed by atoms with Crippen LogP contribution >= 0.6 is 0 Å². The second-order valence-electron chi connectivity index (χ2n) is 8.00. The summed E-state index contributed by atoms with van der Waals surface area (Å²) in [6.45, 7) is 5.42. The predicted molar refractivity (Wildman–Crippen MR) is 112 cm³/mol. The number of para-hydroxylation sites is 1. The van der Waals surface area contributed by atoms with Gasteiger partial charge in [-0.3, -0.25) is 14.3 Å². The van der Waals surface area contributed by atoms with E-state index < -0.39 is 5.60 Å². The van der Waals surface area contributed by atoms with Crippen LogP contribution < -0.4 is 10.1 Å². The Bertz CT molecular complexity index is 962. The molecule has 4 rings (SSSR count). The Morgan fingerprint density at radius 1 is 1.27 bits per heavy atom. The van der Waals surface area contributed by atoms with E-state index in [0.717, 1.165) is 17.7 Å². The molecule has 1 N–H and O–H groups in total. The maximum Gasteiger partial charge on any atom is 0.258 e. The Morgan fingerprint density at radius 2 is 2.00 bits per heavy atom. The van der Waals surface area contributed by atoms with Crippen LogP contribution in [0.15, 0.2) is 24.3 Å². The van der Waals surface area contributed by atoms with Gasteiger partial charge >= 0.3 is 0 Å². The molecule has 1 aromatic heterocycles. The Morgan fingerprint density at radius 3 is 2.70 bits per heavy atom. The summed E-state index contributed by atoms with van der Waals surface area (Å²) in [6.07, 6.45) is 2.14. The summed E-state index contributed by atoms with van der Waals surface area (Å²) in [5.41, 5.74) is 1.84. The summed E-state index contributed by atoms with van der Waals surface area (Å²) in [4.78, 5) is 27.8. The van der Waals surface area contributed by atoms with Gasteiger partial charge in [-0.1, -0.05) is 19.1 Å². The largest absolute Gasteiger partial charge is 0.484 e. The van der Waals surface area contributed by atoms with Crippen LogP contribution in [0.25, 0.3) is 0 Å². The molecule has 8 nitrogen and oxygen atoms in total. The van der Waals surface area contributed by atoms with Gasteiger partial charge < -0.3 is 19.7 Å². The summed E-state index contributed by atoms with van der Waals surface area (Å²) in [6, 6.07) is 7.24. The second-order valence-corrected chi connectivity index (χ2v) is 8.00. The highest BCUT2D eigenvalue weighted by Gasteiger charge is 2.42. The lowest BCUT2D eigenvalue weighted by Gasteiger charge is -2.38. The van der Waals surface area contributed by atoms with Crippen molar-refractivity contribution in [3.05, 3.63) is 41.1 Å². The van der Waals surface area contributed by atoms with Crippen molar-refractivity contribution in [2.45, 2.75) is 38.7 Å². The molecule has 160 valence electrons. The molecular weight excluding hydrogens is 384 g/mol. The zero-order valence-corrected chi connectivity index (χ0v) is 17.7. The molecule has 2 aliphatic heterocycles. The Labute approximate surface area is 176 Å². The van der Waals surface area contributed by atoms with Gasteiger partial charge in [-0.05, 0) is 25.5 Å². The number of aromatic nitrogens is 2. The first-order chi connectivity index (χ1) is 14.4. The van der Waals surface area contributed by atoms with Crippen LogP contribution in [0.1, 0.15) is 41.4 Å². The van der Waals surface area contributed by atoms with Gasteiger partial charge in [0.05, 0.1) is 31.0 Å². The van der Waals surface area contributed by atoms with Gasteiger partial charge in [0.25, 0.3) is 5.91 Å². The molecule has 1 saturated heterocycles. The third-order valence-electron chi connectivity index (χ3n) is 5.92. The third-order valence-corrected chi connectivity index (χ3v) is 5.92. The van der Waals surface area contributed by atoms with Crippen LogP contribution in [0.5, 0.6) is 5.75 Å². The van der Waals surface area contributed by atoms with Gasteiger partial charge in [0.15, 0.2) is 0 Å². The van der Waals surface area contributed by atoms with E-state index in [1.807, 2.05) is 32.0 Å². The number of ether oxygens (including phenoxy) is 2. The topological polar surface area (TPSA) is 85.7 Å². The number of nitrogens with one attached hydrogen (secondary N) is 1. The molecule has 2 aliphatic rings. The van der Waals surface area contributed by atoms with E-state index in [1.54, 1.807) is 22.7 Å². The van der Waals surface area contributed by atoms with E-state index in [2.05, 4.69) is 10.4 Å². The first-order valence-electron chi connectivity index (χ1n) is 10.4. The van der Waals surface area contributed by atoms with Gasteiger partial charge in [0.2, 0.25) is 5.91 Å². The number of carbonyl (C=O) groups excluding carboxylic acids is 2. The number of rotatable bonds is 4. The number of hydrogen-bond acceptors (Lipinski definition) is 5. The van der Waals surface area contributed by atoms with Gasteiger partial charge in [-0.2, -0.15) is 5.10 Å². The highest BCUT2D eigenvalue weighted by Crippen LogP contribution is 2.35. The average molecular weight is 412 g/mol. The van der Waals surface area contributed by atoms with E-state index in [4.69, 9.17) is 9.47 Å². The Balaban J connectivity index is 1.58. The molecule has 0 aliphatic carbocycles. The number of benzene rings is 1. The quantitative estimate of drug-likeness (QED) is 0.833. The summed E-state index contributed by atoms with van der Waals surface area (Å²) in [5, 5.41) is 7.38. The van der Waals surface area contributed by atoms with E-state index in [0.29, 0.717) is 49.7 Å². The van der Waals surface area contributed by atoms with E-state index in [-0.39, 0.29) is 18.4 Å². The van der Waals surface area contributed by atoms with Crippen LogP contribution in [-0.2, 0) is 23.0 Å². The van der Waals surface area contributed by atoms with Gasteiger partial charge in [0.1, 0.15) is 23.7 Å². The summed E-state index contributed by atoms with van der Waals surface area (Å²) >= 11 is 0. The standard InChI is InChI=1S/C22H28N4O4/c1-4-17-15(2)20(25(3)24-17)23-19(27)13-26-14-22(9-11-29-12-10-22)30-18-8-6-5-7-16(18)21(26)28/h5-8H,4,9-14H2,1-3H3,(H,23,27). The minimum atomic E-state index is -0.543. The molecule has 1 spiro atoms. The van der Waals surface area contributed by atoms with Crippen molar-refractivity contribution in [3.63, 3.8) is 0 Å². The molecule has 0 atom stereocenters. The lowest BCUT2D eigenvalue weighted by Crippen LogP contribution is -2.52. The Hall–Kier alpha value is -2.87. The molecule has 1 fully saturated rings. The SMILES string of the molecule is CCc1nn(C)c(NC(=O)CN2CC3(CCOCC3)Oc3ccccc3C2=O)c1C. The highest BCUT2D eigenvalue weighted by molar-refractivity contribution is 6.01. The summed E-state index contributed by atoms with van der Waals surface area (Å²) in [5.74, 6) is 0.790. The fraction of sp³-hybridized carbons (Fsp3) is 0.500. The average Bonchev–Trinajstić information content (AvgIpc) is 2.95. The van der Waals surface area contributed by atoms with Gasteiger partial charge in [-0.15, -0.1) is 0 Å².